The molecular formula is C9H19ClO2. The summed E-state index contributed by atoms with van der Waals surface area (Å²) < 4.78 is 10.3. The zero-order valence-electron chi connectivity index (χ0n) is 8.56. The van der Waals surface area contributed by atoms with Gasteiger partial charge in [0.05, 0.1) is 17.6 Å². The highest BCUT2D eigenvalue weighted by Crippen LogP contribution is 2.31. The molecule has 0 N–H and O–H groups in total. The Bertz CT molecular complexity index is 128. The summed E-state index contributed by atoms with van der Waals surface area (Å²) in [6.45, 7) is 6.62. The number of rotatable bonds is 5. The molecule has 0 aromatic heterocycles. The molecule has 0 aliphatic heterocycles. The quantitative estimate of drug-likeness (QED) is 0.626. The Kier molecular flexibility index (Phi) is 5.14. The van der Waals surface area contributed by atoms with E-state index < -0.39 is 4.87 Å². The van der Waals surface area contributed by atoms with Crippen molar-refractivity contribution in [3.8, 4) is 0 Å². The molecule has 0 rings (SSSR count). The van der Waals surface area contributed by atoms with Gasteiger partial charge in [-0.15, -0.1) is 11.6 Å². The van der Waals surface area contributed by atoms with Crippen molar-refractivity contribution in [1.29, 1.82) is 0 Å². The highest BCUT2D eigenvalue weighted by atomic mass is 35.5. The predicted octanol–water partition coefficient (Wildman–Crippen LogP) is 2.30. The Hall–Kier alpha value is 0.210. The Balaban J connectivity index is 4.37. The summed E-state index contributed by atoms with van der Waals surface area (Å²) in [5.74, 6) is 0.328. The molecule has 2 unspecified atom stereocenters. The molecule has 0 spiro atoms. The third-order valence-electron chi connectivity index (χ3n) is 2.35. The zero-order chi connectivity index (χ0) is 9.78. The fourth-order valence-electron chi connectivity index (χ4n) is 1.17. The van der Waals surface area contributed by atoms with Crippen LogP contribution in [0.25, 0.3) is 0 Å². The summed E-state index contributed by atoms with van der Waals surface area (Å²) in [5, 5.41) is 0. The van der Waals surface area contributed by atoms with Crippen LogP contribution >= 0.6 is 11.6 Å². The van der Waals surface area contributed by atoms with E-state index in [2.05, 4.69) is 13.8 Å². The van der Waals surface area contributed by atoms with Crippen molar-refractivity contribution >= 4 is 11.6 Å². The van der Waals surface area contributed by atoms with Crippen LogP contribution in [0.4, 0.5) is 0 Å². The number of halogens is 1. The first-order valence-corrected chi connectivity index (χ1v) is 4.57. The minimum atomic E-state index is -0.413. The molecule has 0 bridgehead atoms. The highest BCUT2D eigenvalue weighted by molar-refractivity contribution is 6.24. The molecular weight excluding hydrogens is 176 g/mol. The fourth-order valence-corrected chi connectivity index (χ4v) is 1.37. The lowest BCUT2D eigenvalue weighted by Crippen LogP contribution is -2.45. The monoisotopic (exact) mass is 194 g/mol. The SMILES string of the molecule is COCC(Cl)(C(C)C)C(C)OC. The van der Waals surface area contributed by atoms with E-state index in [0.29, 0.717) is 12.5 Å². The molecule has 0 aromatic carbocycles. The second-order valence-electron chi connectivity index (χ2n) is 3.39. The Morgan fingerprint density at radius 3 is 2.00 bits per heavy atom. The van der Waals surface area contributed by atoms with Crippen molar-refractivity contribution in [1.82, 2.24) is 0 Å². The molecule has 0 aliphatic rings. The number of hydrogen-bond donors (Lipinski definition) is 0. The van der Waals surface area contributed by atoms with Crippen molar-refractivity contribution < 1.29 is 9.47 Å². The van der Waals surface area contributed by atoms with Gasteiger partial charge in [0.1, 0.15) is 0 Å². The van der Waals surface area contributed by atoms with E-state index in [0.717, 1.165) is 0 Å². The maximum absolute atomic E-state index is 6.37. The van der Waals surface area contributed by atoms with Gasteiger partial charge in [0, 0.05) is 14.2 Å². The number of alkyl halides is 1. The molecule has 0 amide bonds. The van der Waals surface area contributed by atoms with E-state index in [4.69, 9.17) is 21.1 Å². The van der Waals surface area contributed by atoms with Crippen LogP contribution in [0, 0.1) is 5.92 Å². The van der Waals surface area contributed by atoms with Crippen molar-refractivity contribution in [3.05, 3.63) is 0 Å². The molecule has 0 fully saturated rings. The average molecular weight is 195 g/mol. The van der Waals surface area contributed by atoms with Crippen LogP contribution < -0.4 is 0 Å². The first-order valence-electron chi connectivity index (χ1n) is 4.19. The summed E-state index contributed by atoms with van der Waals surface area (Å²) in [5.41, 5.74) is 0. The zero-order valence-corrected chi connectivity index (χ0v) is 9.31. The van der Waals surface area contributed by atoms with E-state index in [1.807, 2.05) is 6.92 Å². The van der Waals surface area contributed by atoms with E-state index in [9.17, 15) is 0 Å². The topological polar surface area (TPSA) is 18.5 Å². The lowest BCUT2D eigenvalue weighted by Gasteiger charge is -2.35. The van der Waals surface area contributed by atoms with E-state index in [-0.39, 0.29) is 6.10 Å². The molecule has 74 valence electrons. The molecule has 0 saturated carbocycles. The average Bonchev–Trinajstić information content (AvgIpc) is 2.03. The second kappa shape index (κ2) is 5.05. The van der Waals surface area contributed by atoms with Gasteiger partial charge in [0.15, 0.2) is 0 Å². The summed E-state index contributed by atoms with van der Waals surface area (Å²) >= 11 is 6.37. The maximum Gasteiger partial charge on any atom is 0.0959 e. The van der Waals surface area contributed by atoms with Gasteiger partial charge < -0.3 is 9.47 Å². The van der Waals surface area contributed by atoms with Gasteiger partial charge >= 0.3 is 0 Å². The second-order valence-corrected chi connectivity index (χ2v) is 4.10. The normalized spacial score (nSPS) is 19.2. The third kappa shape index (κ3) is 2.61. The molecule has 0 aliphatic carbocycles. The molecule has 2 nitrogen and oxygen atoms in total. The third-order valence-corrected chi connectivity index (χ3v) is 3.21. The van der Waals surface area contributed by atoms with E-state index in [1.54, 1.807) is 14.2 Å². The van der Waals surface area contributed by atoms with E-state index in [1.165, 1.54) is 0 Å². The molecule has 0 heterocycles. The number of hydrogen-bond acceptors (Lipinski definition) is 2. The largest absolute Gasteiger partial charge is 0.383 e. The Labute approximate surface area is 80.2 Å². The standard InChI is InChI=1S/C9H19ClO2/c1-7(2)9(10,6-11-4)8(3)12-5/h7-8H,6H2,1-5H3. The van der Waals surface area contributed by atoms with Crippen molar-refractivity contribution in [3.63, 3.8) is 0 Å². The summed E-state index contributed by atoms with van der Waals surface area (Å²) in [6, 6.07) is 0. The Morgan fingerprint density at radius 2 is 1.75 bits per heavy atom. The van der Waals surface area contributed by atoms with Crippen LogP contribution in [0.15, 0.2) is 0 Å². The van der Waals surface area contributed by atoms with Gasteiger partial charge in [-0.3, -0.25) is 0 Å². The predicted molar refractivity (Wildman–Crippen MR) is 51.8 cm³/mol. The van der Waals surface area contributed by atoms with Crippen LogP contribution in [-0.4, -0.2) is 31.8 Å². The number of ether oxygens (including phenoxy) is 2. The minimum absolute atomic E-state index is 0.000818. The van der Waals surface area contributed by atoms with E-state index >= 15 is 0 Å². The first-order chi connectivity index (χ1) is 5.49. The van der Waals surface area contributed by atoms with Gasteiger partial charge in [-0.25, -0.2) is 0 Å². The van der Waals surface area contributed by atoms with Crippen molar-refractivity contribution in [2.45, 2.75) is 31.7 Å². The molecule has 0 saturated heterocycles. The van der Waals surface area contributed by atoms with Gasteiger partial charge in [-0.05, 0) is 12.8 Å². The molecule has 12 heavy (non-hydrogen) atoms. The fraction of sp³-hybridized carbons (Fsp3) is 1.00. The smallest absolute Gasteiger partial charge is 0.0959 e. The Morgan fingerprint density at radius 1 is 1.25 bits per heavy atom. The summed E-state index contributed by atoms with van der Waals surface area (Å²) in [6.07, 6.45) is -0.000818. The maximum atomic E-state index is 6.37. The van der Waals surface area contributed by atoms with Crippen LogP contribution in [0.5, 0.6) is 0 Å². The van der Waals surface area contributed by atoms with Gasteiger partial charge in [0.25, 0.3) is 0 Å². The van der Waals surface area contributed by atoms with Gasteiger partial charge in [-0.1, -0.05) is 13.8 Å². The lowest BCUT2D eigenvalue weighted by atomic mass is 9.90. The van der Waals surface area contributed by atoms with Crippen LogP contribution in [-0.2, 0) is 9.47 Å². The number of methoxy groups -OCH3 is 2. The van der Waals surface area contributed by atoms with Crippen LogP contribution in [0.2, 0.25) is 0 Å². The molecule has 2 atom stereocenters. The molecule has 0 aromatic rings. The summed E-state index contributed by atoms with van der Waals surface area (Å²) in [4.78, 5) is -0.413. The lowest BCUT2D eigenvalue weighted by molar-refractivity contribution is 0.0223. The van der Waals surface area contributed by atoms with Crippen LogP contribution in [0.1, 0.15) is 20.8 Å². The van der Waals surface area contributed by atoms with Gasteiger partial charge in [0.2, 0.25) is 0 Å². The highest BCUT2D eigenvalue weighted by Gasteiger charge is 2.37. The van der Waals surface area contributed by atoms with Crippen LogP contribution in [0.3, 0.4) is 0 Å². The molecule has 0 radical (unpaired) electrons. The van der Waals surface area contributed by atoms with Crippen molar-refractivity contribution in [2.75, 3.05) is 20.8 Å². The first kappa shape index (κ1) is 12.2. The molecule has 3 heteroatoms. The minimum Gasteiger partial charge on any atom is -0.383 e. The summed E-state index contributed by atoms with van der Waals surface area (Å²) in [7, 11) is 3.32. The van der Waals surface area contributed by atoms with Crippen molar-refractivity contribution in [2.24, 2.45) is 5.92 Å². The van der Waals surface area contributed by atoms with Gasteiger partial charge in [-0.2, -0.15) is 0 Å².